The standard InChI is InChI=1S/C33H47NO5S.Li.H/c1-6-23(3)38-33(39-24(4)20-25-13-8-7-9-14-25)26-16-17-28(29(21-26)27-15-11-10-12-22(27)2)31(35)34-30(32(36)37)18-19-40-5;;/h10-12,15-17,21,23-25,30,33H,6-9,13-14,18-20H2,1-5H3,(H,34,35)(H,36,37);;. The molecule has 4 atom stereocenters. The van der Waals surface area contributed by atoms with Crippen molar-refractivity contribution in [3.8, 4) is 11.1 Å². The van der Waals surface area contributed by atoms with E-state index < -0.39 is 24.2 Å². The summed E-state index contributed by atoms with van der Waals surface area (Å²) in [4.78, 5) is 25.3. The molecule has 2 aromatic carbocycles. The summed E-state index contributed by atoms with van der Waals surface area (Å²) in [5, 5.41) is 12.4. The Bertz CT molecular complexity index is 1110. The van der Waals surface area contributed by atoms with E-state index in [0.29, 0.717) is 23.7 Å². The molecule has 0 spiro atoms. The Labute approximate surface area is 262 Å². The normalized spacial score (nSPS) is 16.7. The first-order valence-electron chi connectivity index (χ1n) is 14.8. The van der Waals surface area contributed by atoms with Gasteiger partial charge < -0.3 is 19.9 Å². The van der Waals surface area contributed by atoms with Crippen LogP contribution in [0.25, 0.3) is 11.1 Å². The molecular formula is C33H48LiNO5S. The van der Waals surface area contributed by atoms with Crippen LogP contribution < -0.4 is 5.32 Å². The molecule has 1 fully saturated rings. The molecule has 0 saturated heterocycles. The number of amides is 1. The second kappa shape index (κ2) is 18.0. The number of nitrogens with one attached hydrogen (secondary N) is 1. The first kappa shape index (κ1) is 35.4. The van der Waals surface area contributed by atoms with E-state index in [4.69, 9.17) is 9.47 Å². The van der Waals surface area contributed by atoms with Gasteiger partial charge in [-0.05, 0) is 86.8 Å². The van der Waals surface area contributed by atoms with Gasteiger partial charge in [0.2, 0.25) is 0 Å². The maximum absolute atomic E-state index is 13.5. The SMILES string of the molecule is CCC(C)OC(OC(C)CC1CCCCC1)c1ccc(C(=O)NC(CCSC)C(=O)O)c(-c2ccccc2C)c1.[LiH]. The van der Waals surface area contributed by atoms with Crippen LogP contribution in [0.15, 0.2) is 42.5 Å². The predicted molar refractivity (Wildman–Crippen MR) is 171 cm³/mol. The third-order valence-electron chi connectivity index (χ3n) is 7.89. The Hall–Kier alpha value is -1.75. The van der Waals surface area contributed by atoms with Gasteiger partial charge in [0, 0.05) is 11.1 Å². The third-order valence-corrected chi connectivity index (χ3v) is 8.53. The van der Waals surface area contributed by atoms with Crippen molar-refractivity contribution in [2.24, 2.45) is 5.92 Å². The van der Waals surface area contributed by atoms with Crippen molar-refractivity contribution in [1.29, 1.82) is 0 Å². The average molecular weight is 578 g/mol. The van der Waals surface area contributed by atoms with E-state index in [2.05, 4.69) is 19.2 Å². The van der Waals surface area contributed by atoms with E-state index in [1.54, 1.807) is 17.8 Å². The minimum atomic E-state index is -1.03. The molecule has 0 radical (unpaired) electrons. The van der Waals surface area contributed by atoms with E-state index in [1.807, 2.05) is 56.5 Å². The number of rotatable bonds is 15. The van der Waals surface area contributed by atoms with Gasteiger partial charge >= 0.3 is 24.8 Å². The van der Waals surface area contributed by atoms with Crippen molar-refractivity contribution >= 4 is 42.5 Å². The van der Waals surface area contributed by atoms with Gasteiger partial charge in [-0.3, -0.25) is 4.79 Å². The van der Waals surface area contributed by atoms with Crippen LogP contribution in [0.5, 0.6) is 0 Å². The first-order chi connectivity index (χ1) is 19.2. The molecule has 0 heterocycles. The average Bonchev–Trinajstić information content (AvgIpc) is 2.95. The number of aliphatic carboxylic acids is 1. The van der Waals surface area contributed by atoms with Gasteiger partial charge in [0.05, 0.1) is 12.2 Å². The Morgan fingerprint density at radius 2 is 1.71 bits per heavy atom. The number of aryl methyl sites for hydroxylation is 1. The second-order valence-corrected chi connectivity index (χ2v) is 12.1. The molecule has 41 heavy (non-hydrogen) atoms. The van der Waals surface area contributed by atoms with Gasteiger partial charge in [-0.2, -0.15) is 11.8 Å². The van der Waals surface area contributed by atoms with Crippen LogP contribution in [0.4, 0.5) is 0 Å². The zero-order chi connectivity index (χ0) is 29.1. The molecule has 3 rings (SSSR count). The van der Waals surface area contributed by atoms with E-state index in [-0.39, 0.29) is 31.1 Å². The van der Waals surface area contributed by atoms with E-state index in [9.17, 15) is 14.7 Å². The summed E-state index contributed by atoms with van der Waals surface area (Å²) in [6, 6.07) is 12.6. The molecule has 0 aliphatic heterocycles. The molecule has 6 nitrogen and oxygen atoms in total. The number of thioether (sulfide) groups is 1. The summed E-state index contributed by atoms with van der Waals surface area (Å²) < 4.78 is 13.0. The molecule has 1 saturated carbocycles. The number of benzene rings is 2. The van der Waals surface area contributed by atoms with Crippen LogP contribution in [0.1, 0.15) is 99.9 Å². The number of hydrogen-bond acceptors (Lipinski definition) is 5. The predicted octanol–water partition coefficient (Wildman–Crippen LogP) is 7.14. The molecule has 222 valence electrons. The molecule has 0 bridgehead atoms. The van der Waals surface area contributed by atoms with Gasteiger partial charge in [-0.25, -0.2) is 4.79 Å². The number of carboxylic acid groups (broad SMARTS) is 1. The van der Waals surface area contributed by atoms with Crippen LogP contribution in [-0.4, -0.2) is 66.1 Å². The minimum absolute atomic E-state index is 0. The van der Waals surface area contributed by atoms with Crippen molar-refractivity contribution in [2.75, 3.05) is 12.0 Å². The first-order valence-corrected chi connectivity index (χ1v) is 16.2. The molecule has 1 aliphatic carbocycles. The van der Waals surface area contributed by atoms with Gasteiger partial charge in [0.15, 0.2) is 6.29 Å². The van der Waals surface area contributed by atoms with Gasteiger partial charge in [-0.1, -0.05) is 69.4 Å². The fraction of sp³-hybridized carbons (Fsp3) is 0.576. The molecule has 1 amide bonds. The molecule has 2 N–H and O–H groups in total. The zero-order valence-corrected chi connectivity index (χ0v) is 25.6. The molecule has 8 heteroatoms. The fourth-order valence-electron chi connectivity index (χ4n) is 5.39. The van der Waals surface area contributed by atoms with Crippen LogP contribution in [0.2, 0.25) is 0 Å². The molecule has 4 unspecified atom stereocenters. The number of hydrogen-bond donors (Lipinski definition) is 2. The summed E-state index contributed by atoms with van der Waals surface area (Å²) in [5.41, 5.74) is 3.97. The summed E-state index contributed by atoms with van der Waals surface area (Å²) in [6.45, 7) is 8.28. The molecule has 2 aromatic rings. The van der Waals surface area contributed by atoms with Crippen molar-refractivity contribution in [3.63, 3.8) is 0 Å². The fourth-order valence-corrected chi connectivity index (χ4v) is 5.86. The summed E-state index contributed by atoms with van der Waals surface area (Å²) in [7, 11) is 0. The molecule has 0 aromatic heterocycles. The van der Waals surface area contributed by atoms with Crippen molar-refractivity contribution in [3.05, 3.63) is 59.2 Å². The molecule has 1 aliphatic rings. The number of carboxylic acids is 1. The maximum atomic E-state index is 13.5. The van der Waals surface area contributed by atoms with Crippen molar-refractivity contribution in [2.45, 2.75) is 104 Å². The van der Waals surface area contributed by atoms with E-state index in [0.717, 1.165) is 35.1 Å². The van der Waals surface area contributed by atoms with Gasteiger partial charge in [0.1, 0.15) is 6.04 Å². The van der Waals surface area contributed by atoms with Crippen LogP contribution in [0, 0.1) is 12.8 Å². The Balaban J connectivity index is 0.00000588. The van der Waals surface area contributed by atoms with Crippen LogP contribution >= 0.6 is 11.8 Å². The van der Waals surface area contributed by atoms with Crippen LogP contribution in [-0.2, 0) is 14.3 Å². The summed E-state index contributed by atoms with van der Waals surface area (Å²) in [5.74, 6) is -0.0933. The van der Waals surface area contributed by atoms with E-state index >= 15 is 0 Å². The third kappa shape index (κ3) is 10.8. The topological polar surface area (TPSA) is 84.9 Å². The van der Waals surface area contributed by atoms with Crippen molar-refractivity contribution in [1.82, 2.24) is 5.32 Å². The van der Waals surface area contributed by atoms with Gasteiger partial charge in [-0.15, -0.1) is 0 Å². The molecular weight excluding hydrogens is 529 g/mol. The van der Waals surface area contributed by atoms with Gasteiger partial charge in [0.25, 0.3) is 5.91 Å². The number of carbonyl (C=O) groups excluding carboxylic acids is 1. The second-order valence-electron chi connectivity index (χ2n) is 11.1. The Kier molecular flexibility index (Phi) is 15.6. The van der Waals surface area contributed by atoms with Crippen molar-refractivity contribution < 1.29 is 24.2 Å². The Morgan fingerprint density at radius 1 is 1.02 bits per heavy atom. The zero-order valence-electron chi connectivity index (χ0n) is 24.8. The Morgan fingerprint density at radius 3 is 2.34 bits per heavy atom. The summed E-state index contributed by atoms with van der Waals surface area (Å²) in [6.07, 6.45) is 10.1. The van der Waals surface area contributed by atoms with Crippen LogP contribution in [0.3, 0.4) is 0 Å². The number of carbonyl (C=O) groups is 2. The monoisotopic (exact) mass is 577 g/mol. The van der Waals surface area contributed by atoms with E-state index in [1.165, 1.54) is 32.1 Å². The summed E-state index contributed by atoms with van der Waals surface area (Å²) >= 11 is 1.56. The quantitative estimate of drug-likeness (QED) is 0.173. The number of ether oxygens (including phenoxy) is 2.